The number of allylic oxidation sites excluding steroid dienone is 2. The predicted octanol–water partition coefficient (Wildman–Crippen LogP) is 2.30. The zero-order chi connectivity index (χ0) is 8.23. The van der Waals surface area contributed by atoms with Crippen LogP contribution >= 0.6 is 0 Å². The molecule has 0 bridgehead atoms. The fourth-order valence-electron chi connectivity index (χ4n) is 1.60. The Bertz CT molecular complexity index is 266. The molecule has 0 aliphatic heterocycles. The summed E-state index contributed by atoms with van der Waals surface area (Å²) in [5.74, 6) is 0.623. The summed E-state index contributed by atoms with van der Waals surface area (Å²) in [5, 5.41) is 0. The lowest BCUT2D eigenvalue weighted by Crippen LogP contribution is -2.02. The predicted molar refractivity (Wildman–Crippen MR) is 47.8 cm³/mol. The lowest BCUT2D eigenvalue weighted by atomic mass is 9.91. The van der Waals surface area contributed by atoms with Gasteiger partial charge in [0.15, 0.2) is 0 Å². The van der Waals surface area contributed by atoms with E-state index in [0.29, 0.717) is 5.92 Å². The van der Waals surface area contributed by atoms with Crippen LogP contribution in [0.1, 0.15) is 30.9 Å². The highest BCUT2D eigenvalue weighted by Gasteiger charge is 2.12. The first-order valence-corrected chi connectivity index (χ1v) is 4.38. The van der Waals surface area contributed by atoms with Gasteiger partial charge in [-0.15, -0.1) is 0 Å². The van der Waals surface area contributed by atoms with Gasteiger partial charge in [-0.1, -0.05) is 12.2 Å². The van der Waals surface area contributed by atoms with Gasteiger partial charge in [0.25, 0.3) is 0 Å². The van der Waals surface area contributed by atoms with Crippen LogP contribution in [0.4, 0.5) is 0 Å². The lowest BCUT2D eigenvalue weighted by Gasteiger charge is -2.16. The van der Waals surface area contributed by atoms with E-state index in [-0.39, 0.29) is 0 Å². The first-order valence-electron chi connectivity index (χ1n) is 4.38. The Balaban J connectivity index is 2.15. The Hall–Kier alpha value is -1.18. The van der Waals surface area contributed by atoms with Gasteiger partial charge in [0.2, 0.25) is 0 Å². The molecular formula is C10H12N2. The molecule has 0 fully saturated rings. The fourth-order valence-corrected chi connectivity index (χ4v) is 1.60. The van der Waals surface area contributed by atoms with Gasteiger partial charge in [-0.05, 0) is 25.3 Å². The summed E-state index contributed by atoms with van der Waals surface area (Å²) < 4.78 is 0. The van der Waals surface area contributed by atoms with Crippen molar-refractivity contribution < 1.29 is 0 Å². The first kappa shape index (κ1) is 7.47. The third-order valence-corrected chi connectivity index (χ3v) is 2.29. The molecule has 12 heavy (non-hydrogen) atoms. The highest BCUT2D eigenvalue weighted by Crippen LogP contribution is 2.26. The summed E-state index contributed by atoms with van der Waals surface area (Å²) in [6.45, 7) is 0. The molecule has 0 amide bonds. The zero-order valence-electron chi connectivity index (χ0n) is 6.98. The Kier molecular flexibility index (Phi) is 2.16. The molecule has 1 aromatic rings. The van der Waals surface area contributed by atoms with Crippen molar-refractivity contribution >= 4 is 0 Å². The minimum Gasteiger partial charge on any atom is -0.245 e. The third-order valence-electron chi connectivity index (χ3n) is 2.29. The average molecular weight is 160 g/mol. The van der Waals surface area contributed by atoms with Crippen LogP contribution in [-0.4, -0.2) is 9.97 Å². The van der Waals surface area contributed by atoms with Gasteiger partial charge in [0.05, 0.1) is 0 Å². The van der Waals surface area contributed by atoms with Crippen molar-refractivity contribution in [2.24, 2.45) is 0 Å². The van der Waals surface area contributed by atoms with Crippen LogP contribution in [0.3, 0.4) is 0 Å². The fraction of sp³-hybridized carbons (Fsp3) is 0.400. The smallest absolute Gasteiger partial charge is 0.115 e. The van der Waals surface area contributed by atoms with Crippen LogP contribution < -0.4 is 0 Å². The number of hydrogen-bond donors (Lipinski definition) is 0. The van der Waals surface area contributed by atoms with E-state index in [1.54, 1.807) is 6.33 Å². The molecular weight excluding hydrogens is 148 g/mol. The second-order valence-corrected chi connectivity index (χ2v) is 3.12. The molecule has 1 heterocycles. The third kappa shape index (κ3) is 1.52. The number of aromatic nitrogens is 2. The summed E-state index contributed by atoms with van der Waals surface area (Å²) in [6, 6.07) is 2.02. The maximum atomic E-state index is 4.26. The van der Waals surface area contributed by atoms with Crippen molar-refractivity contribution in [2.75, 3.05) is 0 Å². The standard InChI is InChI=1S/C10H12N2/c1-2-4-9(5-3-1)10-6-7-11-8-12-10/h1-2,6-9H,3-5H2. The molecule has 0 radical (unpaired) electrons. The minimum absolute atomic E-state index is 0.623. The summed E-state index contributed by atoms with van der Waals surface area (Å²) >= 11 is 0. The molecule has 1 unspecified atom stereocenters. The van der Waals surface area contributed by atoms with E-state index < -0.39 is 0 Å². The Morgan fingerprint density at radius 1 is 1.33 bits per heavy atom. The van der Waals surface area contributed by atoms with Crippen LogP contribution in [0.25, 0.3) is 0 Å². The van der Waals surface area contributed by atoms with Crippen molar-refractivity contribution in [2.45, 2.75) is 25.2 Å². The summed E-state index contributed by atoms with van der Waals surface area (Å²) in [4.78, 5) is 8.17. The van der Waals surface area contributed by atoms with E-state index >= 15 is 0 Å². The van der Waals surface area contributed by atoms with E-state index in [9.17, 15) is 0 Å². The van der Waals surface area contributed by atoms with E-state index in [2.05, 4.69) is 22.1 Å². The maximum absolute atomic E-state index is 4.26. The molecule has 0 saturated heterocycles. The largest absolute Gasteiger partial charge is 0.245 e. The second-order valence-electron chi connectivity index (χ2n) is 3.12. The summed E-state index contributed by atoms with van der Waals surface area (Å²) in [6.07, 6.45) is 11.5. The van der Waals surface area contributed by atoms with Gasteiger partial charge in [0.1, 0.15) is 6.33 Å². The Morgan fingerprint density at radius 2 is 2.33 bits per heavy atom. The number of hydrogen-bond acceptors (Lipinski definition) is 2. The lowest BCUT2D eigenvalue weighted by molar-refractivity contribution is 0.599. The van der Waals surface area contributed by atoms with Crippen LogP contribution in [0.2, 0.25) is 0 Å². The molecule has 0 saturated carbocycles. The topological polar surface area (TPSA) is 25.8 Å². The van der Waals surface area contributed by atoms with Crippen LogP contribution in [-0.2, 0) is 0 Å². The van der Waals surface area contributed by atoms with Crippen molar-refractivity contribution in [3.05, 3.63) is 36.4 Å². The van der Waals surface area contributed by atoms with Gasteiger partial charge in [-0.3, -0.25) is 0 Å². The molecule has 2 nitrogen and oxygen atoms in total. The molecule has 0 spiro atoms. The summed E-state index contributed by atoms with van der Waals surface area (Å²) in [5.41, 5.74) is 1.19. The van der Waals surface area contributed by atoms with Crippen molar-refractivity contribution in [1.29, 1.82) is 0 Å². The highest BCUT2D eigenvalue weighted by molar-refractivity contribution is 5.10. The van der Waals surface area contributed by atoms with Crippen LogP contribution in [0, 0.1) is 0 Å². The molecule has 1 atom stereocenters. The van der Waals surface area contributed by atoms with Crippen LogP contribution in [0.15, 0.2) is 30.7 Å². The Morgan fingerprint density at radius 3 is 3.00 bits per heavy atom. The van der Waals surface area contributed by atoms with Gasteiger partial charge >= 0.3 is 0 Å². The van der Waals surface area contributed by atoms with E-state index in [1.165, 1.54) is 18.5 Å². The van der Waals surface area contributed by atoms with E-state index in [1.807, 2.05) is 12.3 Å². The van der Waals surface area contributed by atoms with Crippen molar-refractivity contribution in [1.82, 2.24) is 9.97 Å². The van der Waals surface area contributed by atoms with Gasteiger partial charge in [-0.2, -0.15) is 0 Å². The number of nitrogens with zero attached hydrogens (tertiary/aromatic N) is 2. The second kappa shape index (κ2) is 3.48. The molecule has 1 aliphatic carbocycles. The quantitative estimate of drug-likeness (QED) is 0.589. The van der Waals surface area contributed by atoms with Crippen molar-refractivity contribution in [3.8, 4) is 0 Å². The molecule has 2 rings (SSSR count). The monoisotopic (exact) mass is 160 g/mol. The average Bonchev–Trinajstić information content (AvgIpc) is 2.21. The van der Waals surface area contributed by atoms with E-state index in [0.717, 1.165) is 6.42 Å². The molecule has 1 aliphatic rings. The molecule has 2 heteroatoms. The van der Waals surface area contributed by atoms with Gasteiger partial charge < -0.3 is 0 Å². The van der Waals surface area contributed by atoms with Crippen LogP contribution in [0.5, 0.6) is 0 Å². The van der Waals surface area contributed by atoms with E-state index in [4.69, 9.17) is 0 Å². The highest BCUT2D eigenvalue weighted by atomic mass is 14.8. The minimum atomic E-state index is 0.623. The van der Waals surface area contributed by atoms with Crippen molar-refractivity contribution in [3.63, 3.8) is 0 Å². The molecule has 62 valence electrons. The van der Waals surface area contributed by atoms with Gasteiger partial charge in [-0.25, -0.2) is 9.97 Å². The van der Waals surface area contributed by atoms with Gasteiger partial charge in [0, 0.05) is 17.8 Å². The Labute approximate surface area is 72.4 Å². The summed E-state index contributed by atoms with van der Waals surface area (Å²) in [7, 11) is 0. The number of rotatable bonds is 1. The molecule has 1 aromatic heterocycles. The molecule has 0 N–H and O–H groups in total. The first-order chi connectivity index (χ1) is 5.97. The molecule has 0 aromatic carbocycles. The SMILES string of the molecule is C1=CCC(c2ccncn2)CC1. The normalized spacial score (nSPS) is 22.5. The maximum Gasteiger partial charge on any atom is 0.115 e. The zero-order valence-corrected chi connectivity index (χ0v) is 6.98.